The van der Waals surface area contributed by atoms with Crippen molar-refractivity contribution in [1.82, 2.24) is 9.62 Å². The molecule has 0 aliphatic carbocycles. The minimum absolute atomic E-state index is 0.358. The average Bonchev–Trinajstić information content (AvgIpc) is 2.93. The summed E-state index contributed by atoms with van der Waals surface area (Å²) in [5.74, 6) is 0. The number of anilines is 1. The van der Waals surface area contributed by atoms with E-state index in [-0.39, 0.29) is 0 Å². The van der Waals surface area contributed by atoms with E-state index in [2.05, 4.69) is 28.8 Å². The predicted molar refractivity (Wildman–Crippen MR) is 86.2 cm³/mol. The molecule has 21 heavy (non-hydrogen) atoms. The lowest BCUT2D eigenvalue weighted by Gasteiger charge is -2.23. The van der Waals surface area contributed by atoms with Crippen molar-refractivity contribution in [3.05, 3.63) is 23.8 Å². The summed E-state index contributed by atoms with van der Waals surface area (Å²) < 4.78 is 27.3. The van der Waals surface area contributed by atoms with Gasteiger partial charge in [-0.05, 0) is 50.6 Å². The first-order valence-electron chi connectivity index (χ1n) is 7.50. The molecular weight excluding hydrogens is 286 g/mol. The standard InChI is InChI=1S/C15H25N3O2S/c1-4-12(2)18(3)10-9-17-21(19,20)14-5-6-15-13(11-14)7-8-16-15/h5-6,11-12,16-17H,4,7-10H2,1-3H3. The Kier molecular flexibility index (Phi) is 5.24. The van der Waals surface area contributed by atoms with Crippen LogP contribution in [0.2, 0.25) is 0 Å². The number of rotatable bonds is 7. The molecule has 1 atom stereocenters. The first-order valence-corrected chi connectivity index (χ1v) is 8.99. The molecule has 2 N–H and O–H groups in total. The summed E-state index contributed by atoms with van der Waals surface area (Å²) in [5, 5.41) is 3.23. The smallest absolute Gasteiger partial charge is 0.240 e. The molecule has 0 fully saturated rings. The highest BCUT2D eigenvalue weighted by atomic mass is 32.2. The highest BCUT2D eigenvalue weighted by Crippen LogP contribution is 2.24. The van der Waals surface area contributed by atoms with Crippen LogP contribution < -0.4 is 10.0 Å². The fourth-order valence-corrected chi connectivity index (χ4v) is 3.49. The Morgan fingerprint density at radius 3 is 2.90 bits per heavy atom. The molecule has 118 valence electrons. The van der Waals surface area contributed by atoms with E-state index in [0.29, 0.717) is 24.0 Å². The van der Waals surface area contributed by atoms with Crippen molar-refractivity contribution in [2.24, 2.45) is 0 Å². The van der Waals surface area contributed by atoms with Gasteiger partial charge in [-0.25, -0.2) is 13.1 Å². The van der Waals surface area contributed by atoms with E-state index >= 15 is 0 Å². The molecule has 1 aliphatic rings. The highest BCUT2D eigenvalue weighted by Gasteiger charge is 2.18. The average molecular weight is 311 g/mol. The van der Waals surface area contributed by atoms with Gasteiger partial charge in [0, 0.05) is 31.4 Å². The number of hydrogen-bond acceptors (Lipinski definition) is 4. The van der Waals surface area contributed by atoms with E-state index in [1.165, 1.54) is 0 Å². The van der Waals surface area contributed by atoms with Gasteiger partial charge < -0.3 is 10.2 Å². The van der Waals surface area contributed by atoms with Crippen molar-refractivity contribution in [2.45, 2.75) is 37.6 Å². The number of benzene rings is 1. The van der Waals surface area contributed by atoms with Gasteiger partial charge in [0.2, 0.25) is 10.0 Å². The van der Waals surface area contributed by atoms with Crippen LogP contribution in [0, 0.1) is 0 Å². The lowest BCUT2D eigenvalue weighted by atomic mass is 10.2. The number of fused-ring (bicyclic) bond motifs is 1. The number of sulfonamides is 1. The zero-order chi connectivity index (χ0) is 15.5. The van der Waals surface area contributed by atoms with Crippen LogP contribution in [0.1, 0.15) is 25.8 Å². The first-order chi connectivity index (χ1) is 9.94. The molecule has 1 aromatic rings. The maximum absolute atomic E-state index is 12.3. The SMILES string of the molecule is CCC(C)N(C)CCNS(=O)(=O)c1ccc2c(c1)CCN2. The Morgan fingerprint density at radius 1 is 1.43 bits per heavy atom. The molecule has 2 rings (SSSR count). The van der Waals surface area contributed by atoms with E-state index in [0.717, 1.165) is 30.6 Å². The molecule has 0 spiro atoms. The molecule has 1 aromatic carbocycles. The second-order valence-corrected chi connectivity index (χ2v) is 7.40. The number of likely N-dealkylation sites (N-methyl/N-ethyl adjacent to an activating group) is 1. The molecule has 0 aromatic heterocycles. The fraction of sp³-hybridized carbons (Fsp3) is 0.600. The second-order valence-electron chi connectivity index (χ2n) is 5.63. The molecule has 6 heteroatoms. The third kappa shape index (κ3) is 3.96. The Morgan fingerprint density at radius 2 is 2.19 bits per heavy atom. The van der Waals surface area contributed by atoms with Crippen LogP contribution in [0.5, 0.6) is 0 Å². The van der Waals surface area contributed by atoms with Gasteiger partial charge in [-0.2, -0.15) is 0 Å². The van der Waals surface area contributed by atoms with Crippen molar-refractivity contribution in [3.8, 4) is 0 Å². The Hall–Kier alpha value is -1.11. The van der Waals surface area contributed by atoms with Gasteiger partial charge >= 0.3 is 0 Å². The van der Waals surface area contributed by atoms with E-state index in [1.54, 1.807) is 12.1 Å². The molecule has 0 saturated heterocycles. The van der Waals surface area contributed by atoms with Gasteiger partial charge in [0.05, 0.1) is 4.90 Å². The number of nitrogens with one attached hydrogen (secondary N) is 2. The van der Waals surface area contributed by atoms with Crippen molar-refractivity contribution in [1.29, 1.82) is 0 Å². The Labute approximate surface area is 127 Å². The van der Waals surface area contributed by atoms with Crippen LogP contribution in [0.3, 0.4) is 0 Å². The Bertz CT molecular complexity index is 587. The lowest BCUT2D eigenvalue weighted by Crippen LogP contribution is -2.37. The van der Waals surface area contributed by atoms with E-state index in [4.69, 9.17) is 0 Å². The van der Waals surface area contributed by atoms with Gasteiger partial charge in [0.15, 0.2) is 0 Å². The Balaban J connectivity index is 1.96. The second kappa shape index (κ2) is 6.77. The molecule has 5 nitrogen and oxygen atoms in total. The zero-order valence-electron chi connectivity index (χ0n) is 13.0. The fourth-order valence-electron chi connectivity index (χ4n) is 2.42. The minimum atomic E-state index is -3.41. The number of nitrogens with zero attached hydrogens (tertiary/aromatic N) is 1. The zero-order valence-corrected chi connectivity index (χ0v) is 13.8. The van der Waals surface area contributed by atoms with Crippen molar-refractivity contribution < 1.29 is 8.42 Å². The third-order valence-corrected chi connectivity index (χ3v) is 5.66. The van der Waals surface area contributed by atoms with Gasteiger partial charge in [-0.1, -0.05) is 6.92 Å². The summed E-state index contributed by atoms with van der Waals surface area (Å²) in [6.07, 6.45) is 1.94. The lowest BCUT2D eigenvalue weighted by molar-refractivity contribution is 0.256. The maximum Gasteiger partial charge on any atom is 0.240 e. The van der Waals surface area contributed by atoms with Crippen LogP contribution in [0.15, 0.2) is 23.1 Å². The van der Waals surface area contributed by atoms with Gasteiger partial charge in [0.1, 0.15) is 0 Å². The van der Waals surface area contributed by atoms with Crippen molar-refractivity contribution in [3.63, 3.8) is 0 Å². The molecular formula is C15H25N3O2S. The van der Waals surface area contributed by atoms with Crippen LogP contribution in [-0.2, 0) is 16.4 Å². The molecule has 0 radical (unpaired) electrons. The maximum atomic E-state index is 12.3. The normalized spacial score (nSPS) is 15.8. The summed E-state index contributed by atoms with van der Waals surface area (Å²) in [5.41, 5.74) is 2.13. The van der Waals surface area contributed by atoms with Crippen LogP contribution in [-0.4, -0.2) is 46.0 Å². The third-order valence-electron chi connectivity index (χ3n) is 4.20. The molecule has 0 bridgehead atoms. The topological polar surface area (TPSA) is 61.4 Å². The summed E-state index contributed by atoms with van der Waals surface area (Å²) in [4.78, 5) is 2.52. The molecule has 1 aliphatic heterocycles. The summed E-state index contributed by atoms with van der Waals surface area (Å²) in [6, 6.07) is 5.75. The van der Waals surface area contributed by atoms with Crippen LogP contribution in [0.25, 0.3) is 0 Å². The predicted octanol–water partition coefficient (Wildman–Crippen LogP) is 1.66. The summed E-state index contributed by atoms with van der Waals surface area (Å²) in [6.45, 7) is 6.29. The van der Waals surface area contributed by atoms with E-state index in [9.17, 15) is 8.42 Å². The molecule has 0 saturated carbocycles. The van der Waals surface area contributed by atoms with Gasteiger partial charge in [0.25, 0.3) is 0 Å². The highest BCUT2D eigenvalue weighted by molar-refractivity contribution is 7.89. The van der Waals surface area contributed by atoms with Gasteiger partial charge in [-0.15, -0.1) is 0 Å². The molecule has 1 unspecified atom stereocenters. The molecule has 0 amide bonds. The first kappa shape index (κ1) is 16.3. The monoisotopic (exact) mass is 311 g/mol. The van der Waals surface area contributed by atoms with Gasteiger partial charge in [-0.3, -0.25) is 0 Å². The largest absolute Gasteiger partial charge is 0.384 e. The van der Waals surface area contributed by atoms with Crippen LogP contribution in [0.4, 0.5) is 5.69 Å². The summed E-state index contributed by atoms with van der Waals surface area (Å²) >= 11 is 0. The summed E-state index contributed by atoms with van der Waals surface area (Å²) in [7, 11) is -1.40. The van der Waals surface area contributed by atoms with Crippen LogP contribution >= 0.6 is 0 Å². The molecule has 1 heterocycles. The van der Waals surface area contributed by atoms with E-state index in [1.807, 2.05) is 13.1 Å². The van der Waals surface area contributed by atoms with E-state index < -0.39 is 10.0 Å². The van der Waals surface area contributed by atoms with Crippen molar-refractivity contribution in [2.75, 3.05) is 32.0 Å². The number of hydrogen-bond donors (Lipinski definition) is 2. The minimum Gasteiger partial charge on any atom is -0.384 e. The van der Waals surface area contributed by atoms with Crippen molar-refractivity contribution >= 4 is 15.7 Å². The quantitative estimate of drug-likeness (QED) is 0.804.